The summed E-state index contributed by atoms with van der Waals surface area (Å²) in [6.07, 6.45) is 0. The average Bonchev–Trinajstić information content (AvgIpc) is 2.73. The van der Waals surface area contributed by atoms with Gasteiger partial charge in [-0.05, 0) is 17.7 Å². The van der Waals surface area contributed by atoms with Gasteiger partial charge in [-0.15, -0.1) is 0 Å². The summed E-state index contributed by atoms with van der Waals surface area (Å²) in [6, 6.07) is 2.01. The normalized spacial score (nSPS) is 11.6. The van der Waals surface area contributed by atoms with Crippen LogP contribution in [0.3, 0.4) is 0 Å². The lowest BCUT2D eigenvalue weighted by Crippen LogP contribution is -2.00. The average molecular weight is 211 g/mol. The number of esters is 1. The van der Waals surface area contributed by atoms with Crippen LogP contribution < -0.4 is 0 Å². The Morgan fingerprint density at radius 3 is 3.07 bits per heavy atom. The van der Waals surface area contributed by atoms with Gasteiger partial charge in [-0.2, -0.15) is 0 Å². The highest BCUT2D eigenvalue weighted by Gasteiger charge is 2.16. The fraction of sp³-hybridized carbons (Fsp3) is 0.375. The maximum absolute atomic E-state index is 11.0. The van der Waals surface area contributed by atoms with Crippen molar-refractivity contribution in [3.63, 3.8) is 0 Å². The summed E-state index contributed by atoms with van der Waals surface area (Å²) in [7, 11) is 1.22. The zero-order chi connectivity index (χ0) is 11.3. The van der Waals surface area contributed by atoms with Crippen molar-refractivity contribution in [1.29, 1.82) is 0 Å². The van der Waals surface area contributed by atoms with Crippen LogP contribution in [-0.4, -0.2) is 24.8 Å². The molecule has 7 nitrogen and oxygen atoms in total. The summed E-state index contributed by atoms with van der Waals surface area (Å²) in [6.45, 7) is -0.391. The second kappa shape index (κ2) is 5.04. The molecule has 80 valence electrons. The van der Waals surface area contributed by atoms with Crippen LogP contribution in [0.15, 0.2) is 21.7 Å². The fourth-order valence-corrected chi connectivity index (χ4v) is 0.988. The minimum atomic E-state index is -0.826. The second-order valence-electron chi connectivity index (χ2n) is 2.60. The molecule has 0 bridgehead atoms. The molecule has 1 rings (SSSR count). The maximum Gasteiger partial charge on any atom is 0.373 e. The maximum atomic E-state index is 11.0. The van der Waals surface area contributed by atoms with E-state index in [9.17, 15) is 4.79 Å². The van der Waals surface area contributed by atoms with E-state index in [1.807, 2.05) is 0 Å². The molecular weight excluding hydrogens is 202 g/mol. The van der Waals surface area contributed by atoms with Gasteiger partial charge in [-0.3, -0.25) is 0 Å². The Morgan fingerprint density at radius 2 is 2.53 bits per heavy atom. The van der Waals surface area contributed by atoms with Crippen molar-refractivity contribution in [2.45, 2.75) is 6.04 Å². The number of hydrogen-bond acceptors (Lipinski definition) is 5. The number of furan rings is 1. The number of hydrogen-bond donors (Lipinski definition) is 1. The largest absolute Gasteiger partial charge is 0.463 e. The summed E-state index contributed by atoms with van der Waals surface area (Å²) < 4.78 is 9.47. The van der Waals surface area contributed by atoms with Gasteiger partial charge in [0.05, 0.1) is 13.7 Å². The highest BCUT2D eigenvalue weighted by atomic mass is 16.5. The molecule has 0 fully saturated rings. The number of nitrogens with zero attached hydrogens (tertiary/aromatic N) is 3. The highest BCUT2D eigenvalue weighted by molar-refractivity contribution is 5.86. The molecule has 0 saturated carbocycles. The number of azide groups is 1. The fourth-order valence-electron chi connectivity index (χ4n) is 0.988. The molecule has 0 spiro atoms. The third kappa shape index (κ3) is 2.49. The molecule has 1 atom stereocenters. The van der Waals surface area contributed by atoms with E-state index in [0.717, 1.165) is 0 Å². The smallest absolute Gasteiger partial charge is 0.373 e. The third-order valence-corrected chi connectivity index (χ3v) is 1.71. The van der Waals surface area contributed by atoms with E-state index < -0.39 is 18.6 Å². The molecule has 0 radical (unpaired) electrons. The Morgan fingerprint density at radius 1 is 1.80 bits per heavy atom. The molecule has 1 heterocycles. The standard InChI is InChI=1S/C8H9N3O4/c1-14-8(13)7-3-2-6(15-7)5(4-12)10-11-9/h2-3,5,12H,4H2,1H3. The van der Waals surface area contributed by atoms with Crippen LogP contribution in [0.4, 0.5) is 0 Å². The number of carbonyl (C=O) groups is 1. The molecule has 0 aliphatic heterocycles. The van der Waals surface area contributed by atoms with E-state index >= 15 is 0 Å². The van der Waals surface area contributed by atoms with Gasteiger partial charge in [0, 0.05) is 4.91 Å². The lowest BCUT2D eigenvalue weighted by atomic mass is 10.2. The van der Waals surface area contributed by atoms with Crippen molar-refractivity contribution in [3.8, 4) is 0 Å². The van der Waals surface area contributed by atoms with Gasteiger partial charge in [-0.25, -0.2) is 4.79 Å². The summed E-state index contributed by atoms with van der Waals surface area (Å²) in [5.41, 5.74) is 8.21. The zero-order valence-electron chi connectivity index (χ0n) is 7.95. The lowest BCUT2D eigenvalue weighted by Gasteiger charge is -2.02. The van der Waals surface area contributed by atoms with Gasteiger partial charge in [0.1, 0.15) is 11.8 Å². The van der Waals surface area contributed by atoms with Crippen molar-refractivity contribution in [2.24, 2.45) is 5.11 Å². The Kier molecular flexibility index (Phi) is 3.73. The summed E-state index contributed by atoms with van der Waals surface area (Å²) in [4.78, 5) is 13.6. The van der Waals surface area contributed by atoms with E-state index in [4.69, 9.17) is 15.1 Å². The van der Waals surface area contributed by atoms with E-state index in [1.54, 1.807) is 0 Å². The Balaban J connectivity index is 2.91. The van der Waals surface area contributed by atoms with E-state index in [1.165, 1.54) is 19.2 Å². The van der Waals surface area contributed by atoms with Gasteiger partial charge >= 0.3 is 5.97 Å². The molecule has 0 aromatic carbocycles. The quantitative estimate of drug-likeness (QED) is 0.351. The number of ether oxygens (including phenoxy) is 1. The van der Waals surface area contributed by atoms with Crippen LogP contribution in [0.5, 0.6) is 0 Å². The Labute approximate surface area is 84.9 Å². The Hall–Kier alpha value is -1.98. The Bertz CT molecular complexity index is 394. The summed E-state index contributed by atoms with van der Waals surface area (Å²) in [5.74, 6) is -0.409. The third-order valence-electron chi connectivity index (χ3n) is 1.71. The molecule has 1 unspecified atom stereocenters. The topological polar surface area (TPSA) is 108 Å². The van der Waals surface area contributed by atoms with Crippen molar-refractivity contribution >= 4 is 5.97 Å². The van der Waals surface area contributed by atoms with Gasteiger partial charge in [0.25, 0.3) is 0 Å². The van der Waals surface area contributed by atoms with Crippen LogP contribution in [0, 0.1) is 0 Å². The molecule has 1 aromatic rings. The van der Waals surface area contributed by atoms with E-state index in [2.05, 4.69) is 14.8 Å². The molecule has 0 amide bonds. The second-order valence-corrected chi connectivity index (χ2v) is 2.60. The molecule has 7 heteroatoms. The van der Waals surface area contributed by atoms with Crippen LogP contribution >= 0.6 is 0 Å². The molecule has 0 aliphatic carbocycles. The number of methoxy groups -OCH3 is 1. The summed E-state index contributed by atoms with van der Waals surface area (Å²) in [5, 5.41) is 12.2. The predicted molar refractivity (Wildman–Crippen MR) is 49.0 cm³/mol. The first-order valence-corrected chi connectivity index (χ1v) is 4.06. The predicted octanol–water partition coefficient (Wildman–Crippen LogP) is 1.41. The minimum Gasteiger partial charge on any atom is -0.463 e. The molecule has 1 N–H and O–H groups in total. The van der Waals surface area contributed by atoms with Crippen molar-refractivity contribution < 1.29 is 19.1 Å². The molecular formula is C8H9N3O4. The lowest BCUT2D eigenvalue weighted by molar-refractivity contribution is 0.0561. The van der Waals surface area contributed by atoms with Gasteiger partial charge in [0.2, 0.25) is 5.76 Å². The van der Waals surface area contributed by atoms with Crippen molar-refractivity contribution in [1.82, 2.24) is 0 Å². The van der Waals surface area contributed by atoms with E-state index in [0.29, 0.717) is 0 Å². The number of aliphatic hydroxyl groups excluding tert-OH is 1. The van der Waals surface area contributed by atoms with Crippen molar-refractivity contribution in [2.75, 3.05) is 13.7 Å². The van der Waals surface area contributed by atoms with Crippen LogP contribution in [0.25, 0.3) is 10.4 Å². The molecule has 15 heavy (non-hydrogen) atoms. The summed E-state index contributed by atoms with van der Waals surface area (Å²) >= 11 is 0. The first-order chi connectivity index (χ1) is 7.22. The van der Waals surface area contributed by atoms with Gasteiger partial charge < -0.3 is 14.3 Å². The monoisotopic (exact) mass is 211 g/mol. The molecule has 0 aliphatic rings. The number of rotatable bonds is 4. The van der Waals surface area contributed by atoms with Crippen molar-refractivity contribution in [3.05, 3.63) is 34.1 Å². The highest BCUT2D eigenvalue weighted by Crippen LogP contribution is 2.20. The first kappa shape index (κ1) is 11.1. The minimum absolute atomic E-state index is 0.000843. The van der Waals surface area contributed by atoms with Gasteiger partial charge in [-0.1, -0.05) is 5.11 Å². The van der Waals surface area contributed by atoms with E-state index in [-0.39, 0.29) is 11.5 Å². The zero-order valence-corrected chi connectivity index (χ0v) is 7.95. The van der Waals surface area contributed by atoms with Gasteiger partial charge in [0.15, 0.2) is 0 Å². The molecule has 0 saturated heterocycles. The van der Waals surface area contributed by atoms with Crippen LogP contribution in [0.1, 0.15) is 22.4 Å². The molecule has 1 aromatic heterocycles. The number of aliphatic hydroxyl groups is 1. The van der Waals surface area contributed by atoms with Crippen LogP contribution in [-0.2, 0) is 4.74 Å². The van der Waals surface area contributed by atoms with Crippen LogP contribution in [0.2, 0.25) is 0 Å². The SMILES string of the molecule is COC(=O)c1ccc(C(CO)N=[N+]=[N-])o1. The number of carbonyl (C=O) groups excluding carboxylic acids is 1. The first-order valence-electron chi connectivity index (χ1n) is 4.06.